The molecule has 0 aliphatic carbocycles. The van der Waals surface area contributed by atoms with Crippen LogP contribution >= 0.6 is 11.3 Å². The summed E-state index contributed by atoms with van der Waals surface area (Å²) in [7, 11) is 1.58. The van der Waals surface area contributed by atoms with Crippen LogP contribution in [0.25, 0.3) is 6.08 Å². The van der Waals surface area contributed by atoms with Crippen molar-refractivity contribution in [3.8, 4) is 17.2 Å². The van der Waals surface area contributed by atoms with E-state index in [4.69, 9.17) is 14.2 Å². The van der Waals surface area contributed by atoms with Gasteiger partial charge in [-0.25, -0.2) is 9.79 Å². The molecule has 1 atom stereocenters. The highest BCUT2D eigenvalue weighted by Crippen LogP contribution is 2.31. The average molecular weight is 539 g/mol. The van der Waals surface area contributed by atoms with Gasteiger partial charge in [0.1, 0.15) is 23.9 Å². The Morgan fingerprint density at radius 2 is 1.77 bits per heavy atom. The molecular weight excluding hydrogens is 512 g/mol. The predicted octanol–water partition coefficient (Wildman–Crippen LogP) is 4.77. The highest BCUT2D eigenvalue weighted by atomic mass is 32.1. The Morgan fingerprint density at radius 1 is 1.03 bits per heavy atom. The Morgan fingerprint density at radius 3 is 2.49 bits per heavy atom. The second kappa shape index (κ2) is 11.4. The van der Waals surface area contributed by atoms with Crippen LogP contribution in [0.5, 0.6) is 17.2 Å². The Bertz CT molecular complexity index is 1730. The molecule has 1 aliphatic rings. The molecule has 0 amide bonds. The van der Waals surface area contributed by atoms with Gasteiger partial charge < -0.3 is 14.2 Å². The molecule has 0 fully saturated rings. The summed E-state index contributed by atoms with van der Waals surface area (Å²) in [6.07, 6.45) is 3.31. The highest BCUT2D eigenvalue weighted by Gasteiger charge is 2.33. The van der Waals surface area contributed by atoms with Crippen molar-refractivity contribution in [2.24, 2.45) is 4.99 Å². The molecule has 0 spiro atoms. The number of aromatic nitrogens is 1. The van der Waals surface area contributed by atoms with Crippen LogP contribution in [0.1, 0.15) is 24.1 Å². The van der Waals surface area contributed by atoms with E-state index >= 15 is 0 Å². The Kier molecular flexibility index (Phi) is 7.56. The van der Waals surface area contributed by atoms with Crippen molar-refractivity contribution in [2.75, 3.05) is 13.7 Å². The van der Waals surface area contributed by atoms with Crippen LogP contribution in [-0.4, -0.2) is 24.3 Å². The summed E-state index contributed by atoms with van der Waals surface area (Å²) >= 11 is 1.27. The number of ether oxygens (including phenoxy) is 3. The maximum Gasteiger partial charge on any atom is 0.338 e. The molecule has 3 aromatic carbocycles. The molecule has 8 heteroatoms. The zero-order valence-corrected chi connectivity index (χ0v) is 22.3. The molecular formula is C31H26N2O5S. The van der Waals surface area contributed by atoms with Gasteiger partial charge in [-0.1, -0.05) is 66.5 Å². The largest absolute Gasteiger partial charge is 0.497 e. The minimum Gasteiger partial charge on any atom is -0.497 e. The van der Waals surface area contributed by atoms with Crippen molar-refractivity contribution in [2.45, 2.75) is 13.0 Å². The molecule has 1 unspecified atom stereocenters. The number of hydrogen-bond acceptors (Lipinski definition) is 7. The van der Waals surface area contributed by atoms with Crippen LogP contribution in [0.3, 0.4) is 0 Å². The summed E-state index contributed by atoms with van der Waals surface area (Å²) in [6.45, 7) is 5.42. The molecule has 0 saturated heterocycles. The van der Waals surface area contributed by atoms with E-state index in [0.717, 1.165) is 16.9 Å². The van der Waals surface area contributed by atoms with E-state index in [1.807, 2.05) is 72.8 Å². The molecule has 196 valence electrons. The summed E-state index contributed by atoms with van der Waals surface area (Å²) in [5.41, 5.74) is 2.09. The summed E-state index contributed by atoms with van der Waals surface area (Å²) < 4.78 is 18.7. The van der Waals surface area contributed by atoms with E-state index in [9.17, 15) is 9.59 Å². The van der Waals surface area contributed by atoms with Gasteiger partial charge in [-0.3, -0.25) is 9.36 Å². The van der Waals surface area contributed by atoms with Crippen molar-refractivity contribution in [1.82, 2.24) is 4.57 Å². The number of thiazole rings is 1. The molecule has 0 bridgehead atoms. The maximum absolute atomic E-state index is 13.8. The van der Waals surface area contributed by atoms with E-state index in [1.54, 1.807) is 30.7 Å². The quantitative estimate of drug-likeness (QED) is 0.239. The zero-order valence-electron chi connectivity index (χ0n) is 21.5. The number of benzene rings is 3. The maximum atomic E-state index is 13.8. The van der Waals surface area contributed by atoms with Crippen molar-refractivity contribution in [3.63, 3.8) is 0 Å². The van der Waals surface area contributed by atoms with Crippen molar-refractivity contribution in [1.29, 1.82) is 0 Å². The Balaban J connectivity index is 1.60. The molecule has 0 N–H and O–H groups in total. The lowest BCUT2D eigenvalue weighted by Crippen LogP contribution is -2.39. The highest BCUT2D eigenvalue weighted by molar-refractivity contribution is 7.07. The van der Waals surface area contributed by atoms with Gasteiger partial charge in [0.15, 0.2) is 4.80 Å². The first-order valence-corrected chi connectivity index (χ1v) is 13.1. The van der Waals surface area contributed by atoms with E-state index in [-0.39, 0.29) is 12.2 Å². The molecule has 4 aromatic rings. The van der Waals surface area contributed by atoms with Gasteiger partial charge >= 0.3 is 5.97 Å². The normalized spacial score (nSPS) is 14.8. The fourth-order valence-electron chi connectivity index (χ4n) is 4.34. The number of esters is 1. The first-order valence-electron chi connectivity index (χ1n) is 12.3. The van der Waals surface area contributed by atoms with E-state index in [1.165, 1.54) is 17.4 Å². The van der Waals surface area contributed by atoms with Crippen LogP contribution in [0.2, 0.25) is 0 Å². The third-order valence-electron chi connectivity index (χ3n) is 6.14. The number of methoxy groups -OCH3 is 1. The monoisotopic (exact) mass is 538 g/mol. The van der Waals surface area contributed by atoms with Crippen LogP contribution in [0.4, 0.5) is 0 Å². The van der Waals surface area contributed by atoms with Crippen molar-refractivity contribution < 1.29 is 19.0 Å². The Labute approximate surface area is 229 Å². The first-order chi connectivity index (χ1) is 19.0. The van der Waals surface area contributed by atoms with E-state index in [0.29, 0.717) is 32.1 Å². The third kappa shape index (κ3) is 5.46. The van der Waals surface area contributed by atoms with Crippen LogP contribution in [0, 0.1) is 0 Å². The number of rotatable bonds is 8. The lowest BCUT2D eigenvalue weighted by molar-refractivity contribution is -0.138. The van der Waals surface area contributed by atoms with Gasteiger partial charge in [0.25, 0.3) is 5.56 Å². The summed E-state index contributed by atoms with van der Waals surface area (Å²) in [6, 6.07) is 23.6. The summed E-state index contributed by atoms with van der Waals surface area (Å²) in [5, 5.41) is 0. The van der Waals surface area contributed by atoms with Gasteiger partial charge in [0, 0.05) is 0 Å². The minimum absolute atomic E-state index is 0.0523. The SMILES string of the molecule is C=CCOC(=O)C1=C(C)N=c2s/c(=C/c3cccc(Oc4ccccc4)c3)c(=O)n2C1c1ccc(OC)cc1. The number of allylic oxidation sites excluding steroid dienone is 1. The molecule has 1 aliphatic heterocycles. The fourth-order valence-corrected chi connectivity index (χ4v) is 5.39. The average Bonchev–Trinajstić information content (AvgIpc) is 3.25. The number of hydrogen-bond donors (Lipinski definition) is 0. The van der Waals surface area contributed by atoms with Crippen LogP contribution in [0.15, 0.2) is 113 Å². The van der Waals surface area contributed by atoms with Gasteiger partial charge in [-0.05, 0) is 60.5 Å². The third-order valence-corrected chi connectivity index (χ3v) is 7.12. The zero-order chi connectivity index (χ0) is 27.4. The second-order valence-electron chi connectivity index (χ2n) is 8.73. The number of fused-ring (bicyclic) bond motifs is 1. The number of carbonyl (C=O) groups excluding carboxylic acids is 1. The molecule has 2 heterocycles. The minimum atomic E-state index is -0.709. The number of para-hydroxylation sites is 1. The standard InChI is InChI=1S/C31H26N2O5S/c1-4-17-37-30(35)27-20(2)32-31-33(28(27)22-13-15-23(36-3)16-14-22)29(34)26(39-31)19-21-9-8-12-25(18-21)38-24-10-6-5-7-11-24/h4-16,18-19,28H,1,17H2,2-3H3/b26-19+. The van der Waals surface area contributed by atoms with Gasteiger partial charge in [-0.15, -0.1) is 0 Å². The van der Waals surface area contributed by atoms with E-state index in [2.05, 4.69) is 11.6 Å². The van der Waals surface area contributed by atoms with Crippen molar-refractivity contribution >= 4 is 23.4 Å². The van der Waals surface area contributed by atoms with Crippen molar-refractivity contribution in [3.05, 3.63) is 134 Å². The fraction of sp³-hybridized carbons (Fsp3) is 0.129. The molecule has 0 radical (unpaired) electrons. The van der Waals surface area contributed by atoms with E-state index < -0.39 is 12.0 Å². The topological polar surface area (TPSA) is 79.1 Å². The van der Waals surface area contributed by atoms with Crippen LogP contribution < -0.4 is 24.4 Å². The van der Waals surface area contributed by atoms with Crippen LogP contribution in [-0.2, 0) is 9.53 Å². The van der Waals surface area contributed by atoms with Gasteiger partial charge in [0.05, 0.1) is 29.0 Å². The summed E-state index contributed by atoms with van der Waals surface area (Å²) in [5.74, 6) is 1.50. The molecule has 0 saturated carbocycles. The summed E-state index contributed by atoms with van der Waals surface area (Å²) in [4.78, 5) is 32.1. The number of carbonyl (C=O) groups is 1. The molecule has 1 aromatic heterocycles. The Hall–Kier alpha value is -4.69. The number of nitrogens with zero attached hydrogens (tertiary/aromatic N) is 2. The first kappa shape index (κ1) is 25.9. The van der Waals surface area contributed by atoms with Gasteiger partial charge in [0.2, 0.25) is 0 Å². The lowest BCUT2D eigenvalue weighted by Gasteiger charge is -2.24. The molecule has 7 nitrogen and oxygen atoms in total. The predicted molar refractivity (Wildman–Crippen MR) is 151 cm³/mol. The second-order valence-corrected chi connectivity index (χ2v) is 9.74. The van der Waals surface area contributed by atoms with Gasteiger partial charge in [-0.2, -0.15) is 0 Å². The molecule has 5 rings (SSSR count). The smallest absolute Gasteiger partial charge is 0.338 e. The lowest BCUT2D eigenvalue weighted by atomic mass is 9.96. The molecule has 39 heavy (non-hydrogen) atoms.